The van der Waals surface area contributed by atoms with Crippen LogP contribution in [-0.4, -0.2) is 43.4 Å². The maximum atomic E-state index is 10.1. The zero-order valence-corrected chi connectivity index (χ0v) is 11.2. The van der Waals surface area contributed by atoms with Gasteiger partial charge in [0.2, 0.25) is 0 Å². The van der Waals surface area contributed by atoms with Gasteiger partial charge >= 0.3 is 0 Å². The van der Waals surface area contributed by atoms with Gasteiger partial charge in [0, 0.05) is 42.9 Å². The second-order valence-electron chi connectivity index (χ2n) is 4.36. The Morgan fingerprint density at radius 2 is 2.22 bits per heavy atom. The summed E-state index contributed by atoms with van der Waals surface area (Å²) < 4.78 is 10.5. The Hall–Kier alpha value is -0.970. The van der Waals surface area contributed by atoms with Gasteiger partial charge in [-0.3, -0.25) is 4.90 Å². The Labute approximate surface area is 112 Å². The fourth-order valence-corrected chi connectivity index (χ4v) is 2.33. The lowest BCUT2D eigenvalue weighted by Crippen LogP contribution is -2.25. The zero-order valence-electron chi connectivity index (χ0n) is 10.5. The van der Waals surface area contributed by atoms with Crippen LogP contribution in [0.2, 0.25) is 5.02 Å². The minimum absolute atomic E-state index is 0.173. The van der Waals surface area contributed by atoms with Gasteiger partial charge in [-0.1, -0.05) is 11.6 Å². The van der Waals surface area contributed by atoms with E-state index in [0.717, 1.165) is 38.3 Å². The molecule has 1 N–H and O–H groups in total. The van der Waals surface area contributed by atoms with Crippen molar-refractivity contribution in [1.82, 2.24) is 4.90 Å². The second-order valence-corrected chi connectivity index (χ2v) is 4.79. The van der Waals surface area contributed by atoms with Crippen molar-refractivity contribution in [3.63, 3.8) is 0 Å². The normalized spacial score (nSPS) is 17.4. The number of hydrogen-bond donors (Lipinski definition) is 1. The van der Waals surface area contributed by atoms with Crippen LogP contribution >= 0.6 is 11.6 Å². The maximum Gasteiger partial charge on any atom is 0.162 e. The molecule has 1 aromatic rings. The number of phenolic OH excluding ortho intramolecular Hbond substituents is 1. The second kappa shape index (κ2) is 6.27. The molecule has 1 aliphatic heterocycles. The quantitative estimate of drug-likeness (QED) is 0.916. The van der Waals surface area contributed by atoms with E-state index in [1.54, 1.807) is 12.1 Å². The first kappa shape index (κ1) is 13.5. The number of hydrogen-bond acceptors (Lipinski definition) is 4. The fourth-order valence-electron chi connectivity index (χ4n) is 2.10. The number of halogens is 1. The summed E-state index contributed by atoms with van der Waals surface area (Å²) in [6.07, 6.45) is 1.01. The number of rotatable bonds is 3. The molecule has 0 bridgehead atoms. The zero-order chi connectivity index (χ0) is 13.0. The number of ether oxygens (including phenoxy) is 2. The summed E-state index contributed by atoms with van der Waals surface area (Å²) in [5, 5.41) is 10.6. The summed E-state index contributed by atoms with van der Waals surface area (Å²) >= 11 is 6.02. The van der Waals surface area contributed by atoms with Gasteiger partial charge in [-0.2, -0.15) is 0 Å². The molecule has 0 saturated carbocycles. The Morgan fingerprint density at radius 1 is 1.39 bits per heavy atom. The van der Waals surface area contributed by atoms with Crippen molar-refractivity contribution in [3.8, 4) is 11.5 Å². The molecule has 5 heteroatoms. The molecule has 4 nitrogen and oxygen atoms in total. The monoisotopic (exact) mass is 271 g/mol. The van der Waals surface area contributed by atoms with E-state index in [9.17, 15) is 5.11 Å². The highest BCUT2D eigenvalue weighted by atomic mass is 35.5. The highest BCUT2D eigenvalue weighted by Gasteiger charge is 2.15. The Balaban J connectivity index is 2.14. The third-order valence-electron chi connectivity index (χ3n) is 3.05. The van der Waals surface area contributed by atoms with Gasteiger partial charge in [0.1, 0.15) is 0 Å². The van der Waals surface area contributed by atoms with Crippen molar-refractivity contribution in [2.24, 2.45) is 0 Å². The van der Waals surface area contributed by atoms with Gasteiger partial charge in [0.25, 0.3) is 0 Å². The average Bonchev–Trinajstić information content (AvgIpc) is 2.62. The lowest BCUT2D eigenvalue weighted by atomic mass is 10.1. The van der Waals surface area contributed by atoms with Gasteiger partial charge in [0.05, 0.1) is 13.7 Å². The molecule has 100 valence electrons. The Kier molecular flexibility index (Phi) is 4.69. The molecule has 0 unspecified atom stereocenters. The van der Waals surface area contributed by atoms with E-state index in [1.807, 2.05) is 0 Å². The van der Waals surface area contributed by atoms with Crippen molar-refractivity contribution in [2.45, 2.75) is 13.0 Å². The summed E-state index contributed by atoms with van der Waals surface area (Å²) in [5.74, 6) is 0.593. The van der Waals surface area contributed by atoms with Crippen LogP contribution in [0.15, 0.2) is 12.1 Å². The van der Waals surface area contributed by atoms with Crippen LogP contribution in [0.4, 0.5) is 0 Å². The number of phenols is 1. The van der Waals surface area contributed by atoms with Gasteiger partial charge in [-0.15, -0.1) is 0 Å². The summed E-state index contributed by atoms with van der Waals surface area (Å²) in [5.41, 5.74) is 0.793. The van der Waals surface area contributed by atoms with E-state index in [2.05, 4.69) is 4.90 Å². The molecule has 0 radical (unpaired) electrons. The summed E-state index contributed by atoms with van der Waals surface area (Å²) in [4.78, 5) is 2.25. The molecule has 1 aromatic carbocycles. The maximum absolute atomic E-state index is 10.1. The highest BCUT2D eigenvalue weighted by Crippen LogP contribution is 2.34. The number of aromatic hydroxyl groups is 1. The molecule has 0 spiro atoms. The lowest BCUT2D eigenvalue weighted by Gasteiger charge is -2.20. The van der Waals surface area contributed by atoms with E-state index in [0.29, 0.717) is 17.3 Å². The van der Waals surface area contributed by atoms with Gasteiger partial charge < -0.3 is 14.6 Å². The van der Waals surface area contributed by atoms with E-state index in [-0.39, 0.29) is 5.75 Å². The number of nitrogens with zero attached hydrogens (tertiary/aromatic N) is 1. The Morgan fingerprint density at radius 3 is 3.00 bits per heavy atom. The van der Waals surface area contributed by atoms with Gasteiger partial charge in [-0.25, -0.2) is 0 Å². The van der Waals surface area contributed by atoms with Crippen LogP contribution in [0.5, 0.6) is 11.5 Å². The largest absolute Gasteiger partial charge is 0.504 e. The first-order chi connectivity index (χ1) is 8.70. The van der Waals surface area contributed by atoms with Crippen LogP contribution in [0.3, 0.4) is 0 Å². The smallest absolute Gasteiger partial charge is 0.162 e. The summed E-state index contributed by atoms with van der Waals surface area (Å²) in [6, 6.07) is 3.40. The van der Waals surface area contributed by atoms with Gasteiger partial charge in [-0.05, 0) is 12.5 Å². The SMILES string of the molecule is COc1cc(Cl)cc(CN2CCCOCC2)c1O. The molecule has 0 amide bonds. The van der Waals surface area contributed by atoms with E-state index in [4.69, 9.17) is 21.1 Å². The number of benzene rings is 1. The first-order valence-corrected chi connectivity index (χ1v) is 6.44. The molecule has 1 heterocycles. The van der Waals surface area contributed by atoms with Gasteiger partial charge in [0.15, 0.2) is 11.5 Å². The van der Waals surface area contributed by atoms with Crippen LogP contribution in [0, 0.1) is 0 Å². The molecule has 0 aromatic heterocycles. The van der Waals surface area contributed by atoms with Crippen molar-refractivity contribution >= 4 is 11.6 Å². The van der Waals surface area contributed by atoms with Crippen molar-refractivity contribution in [2.75, 3.05) is 33.4 Å². The van der Waals surface area contributed by atoms with E-state index in [1.165, 1.54) is 7.11 Å². The molecule has 1 saturated heterocycles. The summed E-state index contributed by atoms with van der Waals surface area (Å²) in [6.45, 7) is 4.04. The highest BCUT2D eigenvalue weighted by molar-refractivity contribution is 6.30. The molecule has 1 aliphatic rings. The molecular formula is C13H18ClNO3. The number of methoxy groups -OCH3 is 1. The minimum Gasteiger partial charge on any atom is -0.504 e. The van der Waals surface area contributed by atoms with Crippen LogP contribution < -0.4 is 4.74 Å². The molecule has 0 aliphatic carbocycles. The summed E-state index contributed by atoms with van der Waals surface area (Å²) in [7, 11) is 1.52. The van der Waals surface area contributed by atoms with Crippen molar-refractivity contribution in [1.29, 1.82) is 0 Å². The average molecular weight is 272 g/mol. The standard InChI is InChI=1S/C13H18ClNO3/c1-17-12-8-11(14)7-10(13(12)16)9-15-3-2-5-18-6-4-15/h7-8,16H,2-6,9H2,1H3. The fraction of sp³-hybridized carbons (Fsp3) is 0.538. The molecular weight excluding hydrogens is 254 g/mol. The molecule has 18 heavy (non-hydrogen) atoms. The van der Waals surface area contributed by atoms with Crippen molar-refractivity contribution in [3.05, 3.63) is 22.7 Å². The van der Waals surface area contributed by atoms with Crippen LogP contribution in [0.1, 0.15) is 12.0 Å². The van der Waals surface area contributed by atoms with Crippen LogP contribution in [0.25, 0.3) is 0 Å². The predicted molar refractivity (Wildman–Crippen MR) is 70.4 cm³/mol. The lowest BCUT2D eigenvalue weighted by molar-refractivity contribution is 0.140. The van der Waals surface area contributed by atoms with Crippen molar-refractivity contribution < 1.29 is 14.6 Å². The third-order valence-corrected chi connectivity index (χ3v) is 3.27. The van der Waals surface area contributed by atoms with E-state index >= 15 is 0 Å². The first-order valence-electron chi connectivity index (χ1n) is 6.06. The molecule has 1 fully saturated rings. The van der Waals surface area contributed by atoms with Crippen LogP contribution in [-0.2, 0) is 11.3 Å². The minimum atomic E-state index is 0.173. The third kappa shape index (κ3) is 3.28. The van der Waals surface area contributed by atoms with E-state index < -0.39 is 0 Å². The predicted octanol–water partition coefficient (Wildman–Crippen LogP) is 2.28. The Bertz CT molecular complexity index is 403. The topological polar surface area (TPSA) is 41.9 Å². The molecule has 2 rings (SSSR count). The molecule has 0 atom stereocenters.